The van der Waals surface area contributed by atoms with Crippen molar-refractivity contribution in [2.75, 3.05) is 19.6 Å². The van der Waals surface area contributed by atoms with Crippen LogP contribution in [0.1, 0.15) is 40.4 Å². The van der Waals surface area contributed by atoms with E-state index in [1.54, 1.807) is 0 Å². The molecule has 35 heavy (non-hydrogen) atoms. The molecule has 4 atom stereocenters. The lowest BCUT2D eigenvalue weighted by molar-refractivity contribution is 0.0280. The molecule has 4 aromatic rings. The number of hydrogen-bond acceptors (Lipinski definition) is 3. The van der Waals surface area contributed by atoms with Crippen LogP contribution in [0.2, 0.25) is 0 Å². The Bertz CT molecular complexity index is 1370. The maximum absolute atomic E-state index is 12.6. The number of carbonyl (C=O) groups excluding carboxylic acids is 1. The van der Waals surface area contributed by atoms with Crippen LogP contribution in [0, 0.1) is 12.8 Å². The second kappa shape index (κ2) is 8.97. The summed E-state index contributed by atoms with van der Waals surface area (Å²) in [5.74, 6) is 1.14. The fourth-order valence-corrected chi connectivity index (χ4v) is 6.02. The molecule has 1 aromatic heterocycles. The number of nitrogens with zero attached hydrogens (tertiary/aromatic N) is 3. The van der Waals surface area contributed by atoms with Crippen molar-refractivity contribution >= 4 is 16.7 Å². The van der Waals surface area contributed by atoms with E-state index in [0.29, 0.717) is 24.4 Å². The number of benzene rings is 3. The van der Waals surface area contributed by atoms with E-state index >= 15 is 0 Å². The van der Waals surface area contributed by atoms with E-state index in [9.17, 15) is 4.79 Å². The highest BCUT2D eigenvalue weighted by molar-refractivity contribution is 5.94. The molecule has 0 saturated carbocycles. The fourth-order valence-electron chi connectivity index (χ4n) is 6.02. The zero-order valence-electron chi connectivity index (χ0n) is 20.4. The van der Waals surface area contributed by atoms with Gasteiger partial charge in [-0.15, -0.1) is 0 Å². The molecule has 2 bridgehead atoms. The topological polar surface area (TPSA) is 50.2 Å². The standard InChI is InChI=1S/C30H32N4O/c1-20-7-9-22(10-8-20)30(35)31-18-26-16-24-13-14-34(26)19-27(24)29-17-28(32-33(29)2)25-12-11-21-5-3-4-6-23(21)15-25/h3-12,15,17,24,26-27H,13-14,16,18-19H2,1-2H3,(H,31,35)/t24-,26-,27+/m1/s1. The third-order valence-corrected chi connectivity index (χ3v) is 8.03. The van der Waals surface area contributed by atoms with E-state index in [2.05, 4.69) is 70.5 Å². The molecule has 3 aliphatic rings. The highest BCUT2D eigenvalue weighted by atomic mass is 16.1. The number of amides is 1. The lowest BCUT2D eigenvalue weighted by Gasteiger charge is -2.50. The summed E-state index contributed by atoms with van der Waals surface area (Å²) < 4.78 is 2.09. The van der Waals surface area contributed by atoms with Crippen molar-refractivity contribution < 1.29 is 4.79 Å². The number of carbonyl (C=O) groups is 1. The van der Waals surface area contributed by atoms with Crippen molar-refractivity contribution in [3.05, 3.63) is 89.6 Å². The summed E-state index contributed by atoms with van der Waals surface area (Å²) in [4.78, 5) is 15.2. The van der Waals surface area contributed by atoms with Crippen molar-refractivity contribution in [2.24, 2.45) is 13.0 Å². The van der Waals surface area contributed by atoms with Crippen LogP contribution >= 0.6 is 0 Å². The minimum absolute atomic E-state index is 0.0239. The Hall–Kier alpha value is -3.44. The Morgan fingerprint density at radius 1 is 1.03 bits per heavy atom. The van der Waals surface area contributed by atoms with Crippen LogP contribution in [-0.2, 0) is 7.05 Å². The van der Waals surface area contributed by atoms with E-state index in [1.165, 1.54) is 34.0 Å². The van der Waals surface area contributed by atoms with Gasteiger partial charge in [-0.3, -0.25) is 14.4 Å². The van der Waals surface area contributed by atoms with Crippen molar-refractivity contribution in [1.82, 2.24) is 20.0 Å². The molecule has 0 aliphatic carbocycles. The molecule has 1 N–H and O–H groups in total. The molecule has 3 fully saturated rings. The van der Waals surface area contributed by atoms with Crippen molar-refractivity contribution in [3.8, 4) is 11.3 Å². The molecule has 4 heterocycles. The van der Waals surface area contributed by atoms with Crippen LogP contribution in [-0.4, -0.2) is 46.3 Å². The van der Waals surface area contributed by atoms with Crippen molar-refractivity contribution in [1.29, 1.82) is 0 Å². The Balaban J connectivity index is 1.15. The lowest BCUT2D eigenvalue weighted by Crippen LogP contribution is -2.56. The molecule has 0 radical (unpaired) electrons. The average molecular weight is 465 g/mol. The summed E-state index contributed by atoms with van der Waals surface area (Å²) in [6.45, 7) is 4.90. The number of aromatic nitrogens is 2. The molecule has 3 saturated heterocycles. The van der Waals surface area contributed by atoms with Gasteiger partial charge < -0.3 is 5.32 Å². The number of nitrogens with one attached hydrogen (secondary N) is 1. The third kappa shape index (κ3) is 4.25. The molecule has 0 spiro atoms. The number of piperidine rings is 3. The molecule has 7 rings (SSSR count). The van der Waals surface area contributed by atoms with Gasteiger partial charge in [-0.05, 0) is 67.3 Å². The van der Waals surface area contributed by atoms with Crippen LogP contribution in [0.15, 0.2) is 72.8 Å². The minimum atomic E-state index is 0.0239. The smallest absolute Gasteiger partial charge is 0.251 e. The largest absolute Gasteiger partial charge is 0.350 e. The third-order valence-electron chi connectivity index (χ3n) is 8.03. The summed E-state index contributed by atoms with van der Waals surface area (Å²) in [7, 11) is 2.08. The monoisotopic (exact) mass is 464 g/mol. The molecule has 3 aromatic carbocycles. The van der Waals surface area contributed by atoms with Gasteiger partial charge in [0.15, 0.2) is 0 Å². The Morgan fingerprint density at radius 3 is 2.60 bits per heavy atom. The Morgan fingerprint density at radius 2 is 1.83 bits per heavy atom. The van der Waals surface area contributed by atoms with Crippen LogP contribution < -0.4 is 5.32 Å². The van der Waals surface area contributed by atoms with E-state index in [1.807, 2.05) is 31.2 Å². The summed E-state index contributed by atoms with van der Waals surface area (Å²) >= 11 is 0. The summed E-state index contributed by atoms with van der Waals surface area (Å²) in [6.07, 6.45) is 2.33. The summed E-state index contributed by atoms with van der Waals surface area (Å²) in [5.41, 5.74) is 5.45. The number of hydrogen-bond donors (Lipinski definition) is 1. The van der Waals surface area contributed by atoms with E-state index in [0.717, 1.165) is 30.8 Å². The molecule has 5 nitrogen and oxygen atoms in total. The maximum atomic E-state index is 12.6. The normalized spacial score (nSPS) is 23.5. The van der Waals surface area contributed by atoms with Gasteiger partial charge in [0.1, 0.15) is 0 Å². The zero-order chi connectivity index (χ0) is 23.9. The number of fused-ring (bicyclic) bond motifs is 4. The molecular formula is C30H32N4O. The number of rotatable bonds is 5. The van der Waals surface area contributed by atoms with E-state index in [-0.39, 0.29) is 5.91 Å². The van der Waals surface area contributed by atoms with E-state index < -0.39 is 0 Å². The second-order valence-corrected chi connectivity index (χ2v) is 10.3. The van der Waals surface area contributed by atoms with Crippen LogP contribution in [0.5, 0.6) is 0 Å². The Kier molecular flexibility index (Phi) is 5.65. The molecule has 1 amide bonds. The van der Waals surface area contributed by atoms with Gasteiger partial charge in [0.05, 0.1) is 5.69 Å². The van der Waals surface area contributed by atoms with Gasteiger partial charge in [0.25, 0.3) is 5.91 Å². The van der Waals surface area contributed by atoms with Gasteiger partial charge in [-0.2, -0.15) is 5.10 Å². The Labute approximate surface area is 206 Å². The first kappa shape index (κ1) is 22.1. The zero-order valence-corrected chi connectivity index (χ0v) is 20.4. The first-order valence-electron chi connectivity index (χ1n) is 12.7. The van der Waals surface area contributed by atoms with Gasteiger partial charge in [0.2, 0.25) is 0 Å². The highest BCUT2D eigenvalue weighted by Gasteiger charge is 2.41. The van der Waals surface area contributed by atoms with Gasteiger partial charge in [0, 0.05) is 48.9 Å². The summed E-state index contributed by atoms with van der Waals surface area (Å²) in [5, 5.41) is 10.6. The van der Waals surface area contributed by atoms with Gasteiger partial charge >= 0.3 is 0 Å². The average Bonchev–Trinajstić information content (AvgIpc) is 3.29. The van der Waals surface area contributed by atoms with Crippen LogP contribution in [0.4, 0.5) is 0 Å². The SMILES string of the molecule is Cc1ccc(C(=O)NC[C@H]2C[C@H]3CCN2C[C@@H]3c2cc(-c3ccc4ccccc4c3)nn2C)cc1. The quantitative estimate of drug-likeness (QED) is 0.444. The summed E-state index contributed by atoms with van der Waals surface area (Å²) in [6, 6.07) is 25.6. The predicted octanol–water partition coefficient (Wildman–Crippen LogP) is 5.16. The van der Waals surface area contributed by atoms with Crippen LogP contribution in [0.25, 0.3) is 22.0 Å². The van der Waals surface area contributed by atoms with Gasteiger partial charge in [-0.25, -0.2) is 0 Å². The molecule has 5 heteroatoms. The molecular weight excluding hydrogens is 432 g/mol. The minimum Gasteiger partial charge on any atom is -0.350 e. The predicted molar refractivity (Wildman–Crippen MR) is 140 cm³/mol. The molecule has 1 unspecified atom stereocenters. The molecule has 178 valence electrons. The molecule has 3 aliphatic heterocycles. The van der Waals surface area contributed by atoms with Crippen LogP contribution in [0.3, 0.4) is 0 Å². The van der Waals surface area contributed by atoms with Gasteiger partial charge in [-0.1, -0.05) is 54.1 Å². The lowest BCUT2D eigenvalue weighted by atomic mass is 9.74. The first-order chi connectivity index (χ1) is 17.0. The van der Waals surface area contributed by atoms with Crippen molar-refractivity contribution in [2.45, 2.75) is 31.7 Å². The highest BCUT2D eigenvalue weighted by Crippen LogP contribution is 2.42. The van der Waals surface area contributed by atoms with E-state index in [4.69, 9.17) is 5.10 Å². The second-order valence-electron chi connectivity index (χ2n) is 10.3. The van der Waals surface area contributed by atoms with Crippen molar-refractivity contribution in [3.63, 3.8) is 0 Å². The number of aryl methyl sites for hydroxylation is 2. The maximum Gasteiger partial charge on any atom is 0.251 e. The fraction of sp³-hybridized carbons (Fsp3) is 0.333. The first-order valence-corrected chi connectivity index (χ1v) is 12.7.